The molecule has 0 radical (unpaired) electrons. The largest absolute Gasteiger partial charge is 0.508 e. The molecule has 4 heteroatoms. The molecule has 152 valence electrons. The number of hydrogen-bond donors (Lipinski definition) is 2. The summed E-state index contributed by atoms with van der Waals surface area (Å²) in [6.45, 7) is 9.75. The highest BCUT2D eigenvalue weighted by Crippen LogP contribution is 2.18. The molecule has 1 heterocycles. The average Bonchev–Trinajstić information content (AvgIpc) is 2.99. The highest BCUT2D eigenvalue weighted by atomic mass is 16.3. The lowest BCUT2D eigenvalue weighted by Crippen LogP contribution is -2.18. The molecule has 1 aliphatic heterocycles. The maximum atomic E-state index is 10.1. The summed E-state index contributed by atoms with van der Waals surface area (Å²) >= 11 is 0. The minimum atomic E-state index is -0.148. The Kier molecular flexibility index (Phi) is 14.8. The van der Waals surface area contributed by atoms with Crippen LogP contribution in [0.25, 0.3) is 0 Å². The number of phenols is 1. The van der Waals surface area contributed by atoms with E-state index in [9.17, 15) is 14.7 Å². The van der Waals surface area contributed by atoms with Crippen LogP contribution in [0.5, 0.6) is 5.75 Å². The minimum Gasteiger partial charge on any atom is -0.508 e. The van der Waals surface area contributed by atoms with Gasteiger partial charge in [-0.05, 0) is 38.3 Å². The summed E-state index contributed by atoms with van der Waals surface area (Å²) in [6, 6.07) is 7.67. The van der Waals surface area contributed by atoms with Gasteiger partial charge in [0.1, 0.15) is 5.75 Å². The Hall–Kier alpha value is -2.10. The van der Waals surface area contributed by atoms with Gasteiger partial charge in [-0.25, -0.2) is 0 Å². The number of nitrogens with one attached hydrogen (secondary N) is 1. The smallest absolute Gasteiger partial charge is 0.227 e. The number of aryl methyl sites for hydroxylation is 1. The maximum absolute atomic E-state index is 10.1. The van der Waals surface area contributed by atoms with Gasteiger partial charge in [0.05, 0.1) is 0 Å². The number of carbonyl (C=O) groups excluding carboxylic acids is 2. The molecule has 2 rings (SSSR count). The molecular formula is C23H37NO3. The summed E-state index contributed by atoms with van der Waals surface area (Å²) in [5.41, 5.74) is 2.26. The number of aromatic hydroxyl groups is 1. The fraction of sp³-hybridized carbons (Fsp3) is 0.565. The fourth-order valence-electron chi connectivity index (χ4n) is 2.50. The summed E-state index contributed by atoms with van der Waals surface area (Å²) < 4.78 is 0. The van der Waals surface area contributed by atoms with E-state index in [1.807, 2.05) is 32.0 Å². The first kappa shape index (κ1) is 24.9. The Morgan fingerprint density at radius 1 is 0.963 bits per heavy atom. The first-order chi connectivity index (χ1) is 12.9. The number of hydrogen-bond acceptors (Lipinski definition) is 3. The van der Waals surface area contributed by atoms with Crippen LogP contribution in [-0.2, 0) is 16.0 Å². The fourth-order valence-corrected chi connectivity index (χ4v) is 2.50. The topological polar surface area (TPSA) is 66.4 Å². The van der Waals surface area contributed by atoms with Crippen LogP contribution in [0.2, 0.25) is 0 Å². The predicted octanol–water partition coefficient (Wildman–Crippen LogP) is 5.69. The molecule has 1 aromatic carbocycles. The van der Waals surface area contributed by atoms with Crippen LogP contribution in [0, 0.1) is 0 Å². The molecule has 4 nitrogen and oxygen atoms in total. The predicted molar refractivity (Wildman–Crippen MR) is 113 cm³/mol. The van der Waals surface area contributed by atoms with E-state index in [0.29, 0.717) is 18.6 Å². The molecule has 0 aromatic heterocycles. The Bertz CT molecular complexity index is 548. The highest BCUT2D eigenvalue weighted by Gasteiger charge is 2.15. The van der Waals surface area contributed by atoms with E-state index in [1.165, 1.54) is 50.5 Å². The van der Waals surface area contributed by atoms with Crippen LogP contribution in [-0.4, -0.2) is 16.9 Å². The van der Waals surface area contributed by atoms with Gasteiger partial charge in [-0.15, -0.1) is 6.58 Å². The number of imide groups is 1. The molecule has 2 N–H and O–H groups in total. The van der Waals surface area contributed by atoms with E-state index >= 15 is 0 Å². The van der Waals surface area contributed by atoms with E-state index in [1.54, 1.807) is 6.07 Å². The number of amides is 2. The lowest BCUT2D eigenvalue weighted by Gasteiger charge is -2.04. The third-order valence-corrected chi connectivity index (χ3v) is 3.90. The van der Waals surface area contributed by atoms with Crippen molar-refractivity contribution in [3.63, 3.8) is 0 Å². The molecule has 0 atom stereocenters. The van der Waals surface area contributed by atoms with Gasteiger partial charge < -0.3 is 5.11 Å². The quantitative estimate of drug-likeness (QED) is 0.348. The number of rotatable bonds is 8. The zero-order chi connectivity index (χ0) is 20.5. The Balaban J connectivity index is 0.000000503. The molecule has 2 amide bonds. The van der Waals surface area contributed by atoms with Crippen molar-refractivity contribution in [2.24, 2.45) is 0 Å². The molecule has 27 heavy (non-hydrogen) atoms. The van der Waals surface area contributed by atoms with Crippen molar-refractivity contribution in [3.05, 3.63) is 42.0 Å². The SMILES string of the molecule is C=C(C)C.CCCCCCCCCc1ccccc1O.O=C1CCC(=O)N1. The van der Waals surface area contributed by atoms with Crippen molar-refractivity contribution >= 4 is 11.8 Å². The second kappa shape index (κ2) is 16.1. The number of para-hydroxylation sites is 1. The second-order valence-electron chi connectivity index (χ2n) is 7.18. The van der Waals surface area contributed by atoms with Crippen molar-refractivity contribution < 1.29 is 14.7 Å². The first-order valence-electron chi connectivity index (χ1n) is 10.1. The Morgan fingerprint density at radius 3 is 1.89 bits per heavy atom. The van der Waals surface area contributed by atoms with Gasteiger partial charge in [-0.2, -0.15) is 0 Å². The van der Waals surface area contributed by atoms with Gasteiger partial charge in [0.15, 0.2) is 0 Å². The molecule has 1 saturated heterocycles. The van der Waals surface area contributed by atoms with Gasteiger partial charge in [0, 0.05) is 12.8 Å². The minimum absolute atomic E-state index is 0.148. The van der Waals surface area contributed by atoms with Crippen LogP contribution in [0.15, 0.2) is 36.4 Å². The summed E-state index contributed by atoms with van der Waals surface area (Å²) in [4.78, 5) is 20.2. The summed E-state index contributed by atoms with van der Waals surface area (Å²) in [6.07, 6.45) is 11.0. The standard InChI is InChI=1S/C15H24O.C4H5NO2.C4H8/c1-2-3-4-5-6-7-8-11-14-12-9-10-13-15(14)16;6-3-1-2-4(7)5-3;1-4(2)3/h9-10,12-13,16H,2-8,11H2,1H3;1-2H2,(H,5,6,7);1H2,2-3H3. The lowest BCUT2D eigenvalue weighted by atomic mass is 10.0. The Morgan fingerprint density at radius 2 is 1.44 bits per heavy atom. The van der Waals surface area contributed by atoms with E-state index in [4.69, 9.17) is 0 Å². The molecule has 1 aliphatic rings. The molecule has 1 fully saturated rings. The van der Waals surface area contributed by atoms with E-state index in [0.717, 1.165) is 12.0 Å². The second-order valence-corrected chi connectivity index (χ2v) is 7.18. The summed E-state index contributed by atoms with van der Waals surface area (Å²) in [7, 11) is 0. The van der Waals surface area contributed by atoms with Crippen LogP contribution in [0.3, 0.4) is 0 Å². The van der Waals surface area contributed by atoms with Crippen LogP contribution < -0.4 is 5.32 Å². The van der Waals surface area contributed by atoms with E-state index < -0.39 is 0 Å². The third-order valence-electron chi connectivity index (χ3n) is 3.90. The van der Waals surface area contributed by atoms with E-state index in [-0.39, 0.29) is 11.8 Å². The monoisotopic (exact) mass is 375 g/mol. The average molecular weight is 376 g/mol. The van der Waals surface area contributed by atoms with Gasteiger partial charge in [0.25, 0.3) is 0 Å². The molecule has 0 spiro atoms. The molecular weight excluding hydrogens is 338 g/mol. The normalized spacial score (nSPS) is 12.4. The molecule has 0 unspecified atom stereocenters. The van der Waals surface area contributed by atoms with Crippen molar-refractivity contribution in [3.8, 4) is 5.75 Å². The van der Waals surface area contributed by atoms with Gasteiger partial charge in [-0.1, -0.05) is 69.2 Å². The first-order valence-corrected chi connectivity index (χ1v) is 10.1. The molecule has 0 bridgehead atoms. The van der Waals surface area contributed by atoms with Crippen molar-refractivity contribution in [1.29, 1.82) is 0 Å². The van der Waals surface area contributed by atoms with Crippen LogP contribution in [0.1, 0.15) is 84.1 Å². The lowest BCUT2D eigenvalue weighted by molar-refractivity contribution is -0.124. The number of benzene rings is 1. The maximum Gasteiger partial charge on any atom is 0.227 e. The molecule has 1 aromatic rings. The molecule has 0 saturated carbocycles. The number of unbranched alkanes of at least 4 members (excludes halogenated alkanes) is 6. The summed E-state index contributed by atoms with van der Waals surface area (Å²) in [5, 5.41) is 11.7. The van der Waals surface area contributed by atoms with Crippen molar-refractivity contribution in [2.75, 3.05) is 0 Å². The van der Waals surface area contributed by atoms with Crippen molar-refractivity contribution in [1.82, 2.24) is 5.32 Å². The zero-order valence-electron chi connectivity index (χ0n) is 17.4. The summed E-state index contributed by atoms with van der Waals surface area (Å²) in [5.74, 6) is 0.156. The van der Waals surface area contributed by atoms with Gasteiger partial charge >= 0.3 is 0 Å². The highest BCUT2D eigenvalue weighted by molar-refractivity contribution is 6.01. The zero-order valence-corrected chi connectivity index (χ0v) is 17.4. The van der Waals surface area contributed by atoms with E-state index in [2.05, 4.69) is 18.8 Å². The van der Waals surface area contributed by atoms with Crippen LogP contribution in [0.4, 0.5) is 0 Å². The third kappa shape index (κ3) is 15.8. The number of carbonyl (C=O) groups is 2. The van der Waals surface area contributed by atoms with Gasteiger partial charge in [0.2, 0.25) is 11.8 Å². The van der Waals surface area contributed by atoms with Gasteiger partial charge in [-0.3, -0.25) is 14.9 Å². The number of allylic oxidation sites excluding steroid dienone is 1. The molecule has 0 aliphatic carbocycles. The van der Waals surface area contributed by atoms with Crippen LogP contribution >= 0.6 is 0 Å². The number of phenolic OH excluding ortho intramolecular Hbond substituents is 1. The Labute approximate surface area is 165 Å². The van der Waals surface area contributed by atoms with Crippen molar-refractivity contribution in [2.45, 2.75) is 85.0 Å².